The smallest absolute Gasteiger partial charge is 0.390 e. The molecular formula is C31H37F3N6O3. The number of carbonyl (C=O) groups is 2. The molecule has 1 heterocycles. The second-order valence-electron chi connectivity index (χ2n) is 11.5. The first-order valence-corrected chi connectivity index (χ1v) is 14.2. The van der Waals surface area contributed by atoms with Crippen LogP contribution < -0.4 is 5.73 Å². The summed E-state index contributed by atoms with van der Waals surface area (Å²) in [5.41, 5.74) is 3.82. The number of likely N-dealkylation sites (N-methyl/N-ethyl adjacent to an activating group) is 1. The number of hydrogen-bond donors (Lipinski definition) is 1. The van der Waals surface area contributed by atoms with Crippen molar-refractivity contribution < 1.29 is 27.3 Å². The maximum Gasteiger partial charge on any atom is 0.417 e. The third kappa shape index (κ3) is 7.41. The molecule has 12 heteroatoms. The molecule has 3 aromatic rings. The SMILES string of the molecule is CC(C)CCC(N=CN)(C(=O)N(C)Cc1ccc(C(F)(F)F)c(C(=O)N(C)Cc2noc(C3CC3)n2)c1)c1ccccc1. The highest BCUT2D eigenvalue weighted by molar-refractivity contribution is 5.96. The van der Waals surface area contributed by atoms with Gasteiger partial charge >= 0.3 is 6.18 Å². The highest BCUT2D eigenvalue weighted by Gasteiger charge is 2.42. The average molecular weight is 599 g/mol. The second kappa shape index (κ2) is 13.0. The van der Waals surface area contributed by atoms with Gasteiger partial charge in [0.2, 0.25) is 5.89 Å². The van der Waals surface area contributed by atoms with Gasteiger partial charge in [-0.3, -0.25) is 14.6 Å². The standard InChI is InChI=1S/C31H37F3N6O3/c1-20(2)14-15-30(36-19-35,23-8-6-5-7-9-23)29(42)40(4)17-21-10-13-25(31(32,33)34)24(16-21)28(41)39(3)18-26-37-27(43-38-26)22-11-12-22/h5-10,13,16,19-20,22H,11-12,14-15,17-18H2,1-4H3,(H2,35,36). The summed E-state index contributed by atoms with van der Waals surface area (Å²) >= 11 is 0. The zero-order valence-electron chi connectivity index (χ0n) is 24.8. The number of nitrogens with zero attached hydrogens (tertiary/aromatic N) is 5. The van der Waals surface area contributed by atoms with Crippen molar-refractivity contribution in [1.82, 2.24) is 19.9 Å². The van der Waals surface area contributed by atoms with Gasteiger partial charge in [0, 0.05) is 26.6 Å². The van der Waals surface area contributed by atoms with E-state index in [1.807, 2.05) is 32.0 Å². The van der Waals surface area contributed by atoms with Crippen LogP contribution in [-0.2, 0) is 29.6 Å². The minimum atomic E-state index is -4.77. The largest absolute Gasteiger partial charge is 0.417 e. The number of hydrogen-bond acceptors (Lipinski definition) is 6. The van der Waals surface area contributed by atoms with Crippen LogP contribution in [0.4, 0.5) is 13.2 Å². The number of carbonyl (C=O) groups excluding carboxylic acids is 2. The van der Waals surface area contributed by atoms with Crippen molar-refractivity contribution in [2.75, 3.05) is 14.1 Å². The zero-order chi connectivity index (χ0) is 31.4. The molecule has 0 bridgehead atoms. The summed E-state index contributed by atoms with van der Waals surface area (Å²) < 4.78 is 47.2. The van der Waals surface area contributed by atoms with E-state index in [0.717, 1.165) is 30.1 Å². The molecule has 1 fully saturated rings. The van der Waals surface area contributed by atoms with Crippen LogP contribution in [0.15, 0.2) is 58.0 Å². The van der Waals surface area contributed by atoms with Gasteiger partial charge in [0.1, 0.15) is 0 Å². The minimum absolute atomic E-state index is 0.0626. The topological polar surface area (TPSA) is 118 Å². The molecule has 1 aromatic heterocycles. The number of amides is 2. The van der Waals surface area contributed by atoms with Crippen LogP contribution >= 0.6 is 0 Å². The lowest BCUT2D eigenvalue weighted by atomic mass is 9.82. The van der Waals surface area contributed by atoms with Crippen LogP contribution in [0.2, 0.25) is 0 Å². The van der Waals surface area contributed by atoms with Gasteiger partial charge in [-0.05, 0) is 54.9 Å². The quantitative estimate of drug-likeness (QED) is 0.217. The van der Waals surface area contributed by atoms with Crippen LogP contribution in [0.1, 0.15) is 84.2 Å². The molecule has 0 aliphatic heterocycles. The van der Waals surface area contributed by atoms with Gasteiger partial charge in [-0.25, -0.2) is 0 Å². The molecule has 43 heavy (non-hydrogen) atoms. The Kier molecular flexibility index (Phi) is 9.56. The summed E-state index contributed by atoms with van der Waals surface area (Å²) in [7, 11) is 2.94. The summed E-state index contributed by atoms with van der Waals surface area (Å²) in [6.45, 7) is 3.89. The molecule has 0 spiro atoms. The molecule has 230 valence electrons. The van der Waals surface area contributed by atoms with E-state index >= 15 is 0 Å². The van der Waals surface area contributed by atoms with Gasteiger partial charge in [-0.1, -0.05) is 55.4 Å². The Morgan fingerprint density at radius 2 is 1.79 bits per heavy atom. The maximum absolute atomic E-state index is 14.1. The van der Waals surface area contributed by atoms with Crippen molar-refractivity contribution in [3.8, 4) is 0 Å². The number of rotatable bonds is 12. The highest BCUT2D eigenvalue weighted by atomic mass is 19.4. The fourth-order valence-electron chi connectivity index (χ4n) is 5.00. The Morgan fingerprint density at radius 3 is 2.40 bits per heavy atom. The van der Waals surface area contributed by atoms with Crippen molar-refractivity contribution in [2.24, 2.45) is 16.6 Å². The van der Waals surface area contributed by atoms with Crippen LogP contribution in [0.5, 0.6) is 0 Å². The number of alkyl halides is 3. The molecule has 1 atom stereocenters. The number of benzene rings is 2. The second-order valence-corrected chi connectivity index (χ2v) is 11.5. The van der Waals surface area contributed by atoms with Crippen LogP contribution in [0.25, 0.3) is 0 Å². The first kappa shape index (κ1) is 31.7. The van der Waals surface area contributed by atoms with E-state index in [9.17, 15) is 22.8 Å². The van der Waals surface area contributed by atoms with E-state index in [-0.39, 0.29) is 36.7 Å². The molecule has 0 radical (unpaired) electrons. The monoisotopic (exact) mass is 598 g/mol. The normalized spacial score (nSPS) is 15.1. The molecule has 4 rings (SSSR count). The van der Waals surface area contributed by atoms with E-state index in [0.29, 0.717) is 29.9 Å². The first-order valence-electron chi connectivity index (χ1n) is 14.2. The lowest BCUT2D eigenvalue weighted by Crippen LogP contribution is -2.44. The number of aliphatic imine (C=N–C) groups is 1. The Balaban J connectivity index is 1.61. The summed E-state index contributed by atoms with van der Waals surface area (Å²) in [6.07, 6.45) is -0.714. The van der Waals surface area contributed by atoms with E-state index in [2.05, 4.69) is 15.1 Å². The van der Waals surface area contributed by atoms with Crippen molar-refractivity contribution in [2.45, 2.75) is 70.3 Å². The third-order valence-electron chi connectivity index (χ3n) is 7.51. The molecule has 1 aliphatic rings. The first-order chi connectivity index (χ1) is 20.4. The van der Waals surface area contributed by atoms with Crippen molar-refractivity contribution in [3.05, 3.63) is 82.5 Å². The summed E-state index contributed by atoms with van der Waals surface area (Å²) in [5.74, 6) is -0.0504. The minimum Gasteiger partial charge on any atom is -0.390 e. The van der Waals surface area contributed by atoms with Gasteiger partial charge in [0.25, 0.3) is 11.8 Å². The van der Waals surface area contributed by atoms with Crippen molar-refractivity contribution >= 4 is 18.2 Å². The summed E-state index contributed by atoms with van der Waals surface area (Å²) in [4.78, 5) is 38.7. The van der Waals surface area contributed by atoms with Gasteiger partial charge in [0.15, 0.2) is 11.4 Å². The van der Waals surface area contributed by atoms with E-state index in [1.165, 1.54) is 24.1 Å². The molecular weight excluding hydrogens is 561 g/mol. The fraction of sp³-hybridized carbons (Fsp3) is 0.452. The van der Waals surface area contributed by atoms with E-state index in [1.54, 1.807) is 19.2 Å². The number of halogens is 3. The molecule has 1 saturated carbocycles. The van der Waals surface area contributed by atoms with E-state index < -0.39 is 28.7 Å². The molecule has 2 aromatic carbocycles. The molecule has 2 amide bonds. The molecule has 2 N–H and O–H groups in total. The van der Waals surface area contributed by atoms with Crippen LogP contribution in [-0.4, -0.2) is 52.2 Å². The van der Waals surface area contributed by atoms with Gasteiger partial charge in [-0.15, -0.1) is 0 Å². The third-order valence-corrected chi connectivity index (χ3v) is 7.51. The van der Waals surface area contributed by atoms with Gasteiger partial charge < -0.3 is 20.1 Å². The van der Waals surface area contributed by atoms with Gasteiger partial charge in [-0.2, -0.15) is 18.2 Å². The number of aromatic nitrogens is 2. The van der Waals surface area contributed by atoms with Crippen LogP contribution in [0.3, 0.4) is 0 Å². The Bertz CT molecular complexity index is 1450. The summed E-state index contributed by atoms with van der Waals surface area (Å²) in [5, 5.41) is 3.86. The molecule has 1 aliphatic carbocycles. The van der Waals surface area contributed by atoms with Crippen LogP contribution in [0, 0.1) is 5.92 Å². The Morgan fingerprint density at radius 1 is 1.09 bits per heavy atom. The highest BCUT2D eigenvalue weighted by Crippen LogP contribution is 2.39. The van der Waals surface area contributed by atoms with E-state index in [4.69, 9.17) is 10.3 Å². The fourth-order valence-corrected chi connectivity index (χ4v) is 5.00. The predicted octanol–water partition coefficient (Wildman–Crippen LogP) is 5.52. The van der Waals surface area contributed by atoms with Crippen molar-refractivity contribution in [1.29, 1.82) is 0 Å². The molecule has 0 saturated heterocycles. The Hall–Kier alpha value is -4.22. The summed E-state index contributed by atoms with van der Waals surface area (Å²) in [6, 6.07) is 12.4. The maximum atomic E-state index is 14.1. The molecule has 9 nitrogen and oxygen atoms in total. The average Bonchev–Trinajstić information content (AvgIpc) is 3.72. The lowest BCUT2D eigenvalue weighted by molar-refractivity contribution is -0.138. The van der Waals surface area contributed by atoms with Crippen molar-refractivity contribution in [3.63, 3.8) is 0 Å². The Labute approximate surface area is 249 Å². The van der Waals surface area contributed by atoms with Gasteiger partial charge in [0.05, 0.1) is 24.0 Å². The number of nitrogens with two attached hydrogens (primary N) is 1. The predicted molar refractivity (Wildman–Crippen MR) is 155 cm³/mol. The lowest BCUT2D eigenvalue weighted by Gasteiger charge is -2.34. The molecule has 1 unspecified atom stereocenters. The zero-order valence-corrected chi connectivity index (χ0v) is 24.8.